The van der Waals surface area contributed by atoms with Crippen molar-refractivity contribution >= 4 is 59.6 Å². The van der Waals surface area contributed by atoms with Gasteiger partial charge < -0.3 is 137 Å². The van der Waals surface area contributed by atoms with Gasteiger partial charge in [-0.15, -0.1) is 0 Å². The molecule has 20 rings (SSSR count). The Hall–Kier alpha value is -4.14. The first-order valence-electron chi connectivity index (χ1n) is 39.1. The van der Waals surface area contributed by atoms with Crippen molar-refractivity contribution < 1.29 is 391 Å². The molecule has 638 valence electrons. The van der Waals surface area contributed by atoms with Gasteiger partial charge >= 0.3 is 291 Å². The first-order valence-corrected chi connectivity index (χ1v) is 39.1. The van der Waals surface area contributed by atoms with Crippen LogP contribution in [0.4, 0.5) is 0 Å². The average Bonchev–Trinajstić information content (AvgIpc) is 1.53. The second-order valence-corrected chi connectivity index (χ2v) is 31.1. The largest absolute Gasteiger partial charge is 1.00 e. The van der Waals surface area contributed by atoms with Crippen molar-refractivity contribution in [2.24, 2.45) is 23.7 Å². The van der Waals surface area contributed by atoms with Crippen LogP contribution in [-0.2, 0) is 0 Å². The number of hydrogen-bond acceptors (Lipinski definition) is 21. The summed E-state index contributed by atoms with van der Waals surface area (Å²) in [5, 5.41) is 157. The molecule has 9 aromatic carbocycles. The molecule has 0 aromatic heterocycles. The van der Waals surface area contributed by atoms with E-state index in [4.69, 9.17) is 23.4 Å². The molecule has 21 nitrogen and oxygen atoms in total. The number of aromatic hydroxyl groups is 15. The average molecular weight is 2070 g/mol. The molecule has 0 radical (unpaired) electrons. The van der Waals surface area contributed by atoms with Gasteiger partial charge in [-0.2, -0.15) is 0 Å². The zero-order valence-electron chi connectivity index (χ0n) is 73.1. The summed E-state index contributed by atoms with van der Waals surface area (Å²) >= 11 is 0. The molecule has 15 N–H and O–H groups in total. The van der Waals surface area contributed by atoms with Gasteiger partial charge in [0.1, 0.15) is 0 Å². The summed E-state index contributed by atoms with van der Waals surface area (Å²) < 4.78 is 28.7. The Balaban J connectivity index is 0.000000274. The third-order valence-electron chi connectivity index (χ3n) is 24.0. The van der Waals surface area contributed by atoms with E-state index in [0.717, 1.165) is 148 Å². The van der Waals surface area contributed by atoms with Crippen LogP contribution in [0.15, 0.2) is 131 Å². The van der Waals surface area contributed by atoms with E-state index < -0.39 is 11.2 Å². The molecular formula is C100H107O21Rb5. The molecule has 126 heavy (non-hydrogen) atoms. The van der Waals surface area contributed by atoms with Gasteiger partial charge in [0.2, 0.25) is 39.9 Å². The molecule has 5 heterocycles. The van der Waals surface area contributed by atoms with Gasteiger partial charge in [-0.25, -0.2) is 0 Å². The minimum Gasteiger partial charge on any atom is -0.504 e. The van der Waals surface area contributed by atoms with Gasteiger partial charge in [0.15, 0.2) is 109 Å². The number of benzene rings is 10. The molecule has 0 atom stereocenters. The van der Waals surface area contributed by atoms with Crippen molar-refractivity contribution in [1.82, 2.24) is 0 Å². The molecule has 11 aliphatic rings. The first kappa shape index (κ1) is 112. The van der Waals surface area contributed by atoms with E-state index >= 15 is 0 Å². The van der Waals surface area contributed by atoms with Gasteiger partial charge in [0.25, 0.3) is 0 Å². The molecule has 9 aromatic rings. The molecule has 0 spiro atoms. The van der Waals surface area contributed by atoms with Crippen LogP contribution in [0.2, 0.25) is 0 Å². The first-order chi connectivity index (χ1) is 55.4. The second-order valence-electron chi connectivity index (χ2n) is 31.1. The predicted molar refractivity (Wildman–Crippen MR) is 473 cm³/mol. The smallest absolute Gasteiger partial charge is 0.504 e. The number of fused-ring (bicyclic) bond motifs is 10. The van der Waals surface area contributed by atoms with Crippen molar-refractivity contribution in [2.45, 2.75) is 142 Å². The summed E-state index contributed by atoms with van der Waals surface area (Å²) in [7, 11) is 0. The Bertz CT molecular complexity index is 6380. The number of hydrogen-bond donors (Lipinski definition) is 15. The van der Waals surface area contributed by atoms with E-state index in [1.807, 2.05) is 24.3 Å². The van der Waals surface area contributed by atoms with Crippen LogP contribution >= 0.6 is 0 Å². The summed E-state index contributed by atoms with van der Waals surface area (Å²) in [5.41, 5.74) is 8.66. The standard InChI is InChI=1S/C20H20O5.C20H20O4.C19H18O4.C18H16O4.C17H14O4.CH4.5CH3.5Rb/c21-14-9-7-12-16(11-5-3-1-2-4-6-11)13-8-10-15(22)18(24)20(13)25-19(12)17(14)23;1-11-7-8-13-16(12-5-3-2-4-6-12)14-9-10-15(21)18(23)20(14)24-19(13)17(11)22;1-10-6-7-12-15(11-4-2-3-5-11)13-8-9-14(20)17(22)19(13)23-18(12)16(10)21;1-9-5-6-11-14(10-3-2-4-10)12-7-8-13(19)16(21)18(12)22-17(11)15(9)20;1-8-2-5-10-13(9-3-4-9)11-6-7-12(18)15(20)17(11)21-16(10)14(8)19;;;;;;;;;;;/h7-11,21,23-24H,1-6H2;7-10,12,21-23H,1-6H2;6-9,11,20-22H,1-5H2;5-8,10,19-21H,1-4H2;2,5-7,9,18-20H,1,3-4H2;1H4;5*1H3;;;;;/q;;;;;;5*-1;5*+1. The van der Waals surface area contributed by atoms with Crippen molar-refractivity contribution in [3.05, 3.63) is 238 Å². The summed E-state index contributed by atoms with van der Waals surface area (Å²) in [5.74, 6) is 0.521. The SMILES string of the molecule is C.C=c1ccc2c(c1O)Oc1c(ccc(O)c1O)C=2C1CC1.C=c1ccc2c(c1O)Oc1c(ccc(O)c1O)C=2C1CCC1.C=c1ccc2c(c1O)Oc1c(ccc(O)c1O)C=2C1CCCC1.C=c1ccc2c(c1O)Oc1c(ccc(O)c1O)C=2C1CCCCC1.O=c1ccc2c(C3CCCCCC3)c3ccc(O)c(O)c3oc-2c1O.[CH3-].[CH3-].[CH3-].[CH3-].[CH3-].[Rb+].[Rb+].[Rb+].[Rb+].[Rb+]. The maximum atomic E-state index is 11.8. The van der Waals surface area contributed by atoms with E-state index in [9.17, 15) is 81.4 Å². The molecule has 0 unspecified atom stereocenters. The van der Waals surface area contributed by atoms with Crippen molar-refractivity contribution in [3.63, 3.8) is 0 Å². The minimum absolute atomic E-state index is 0. The maximum absolute atomic E-state index is 11.8. The Morgan fingerprint density at radius 3 is 0.802 bits per heavy atom. The van der Waals surface area contributed by atoms with E-state index in [0.29, 0.717) is 78.5 Å². The Morgan fingerprint density at radius 1 is 0.254 bits per heavy atom. The Kier molecular flexibility index (Phi) is 42.5. The van der Waals surface area contributed by atoms with Gasteiger partial charge in [-0.1, -0.05) is 146 Å². The number of phenols is 15. The van der Waals surface area contributed by atoms with Crippen LogP contribution in [0, 0.1) is 60.8 Å². The molecule has 5 aliphatic heterocycles. The van der Waals surface area contributed by atoms with E-state index in [-0.39, 0.29) is 456 Å². The number of rotatable bonds is 5. The molecular weight excluding hydrogens is 1960 g/mol. The van der Waals surface area contributed by atoms with Crippen LogP contribution in [0.1, 0.15) is 170 Å². The summed E-state index contributed by atoms with van der Waals surface area (Å²) in [4.78, 5) is 11.8. The monoisotopic (exact) mass is 2070 g/mol. The zero-order valence-corrected chi connectivity index (χ0v) is 97.6. The summed E-state index contributed by atoms with van der Waals surface area (Å²) in [6, 6.07) is 33.9. The molecule has 5 saturated carbocycles. The fraction of sp³-hybridized carbons (Fsp3) is 0.260. The fourth-order valence-electron chi connectivity index (χ4n) is 17.6. The molecule has 26 heteroatoms. The van der Waals surface area contributed by atoms with Crippen molar-refractivity contribution in [1.29, 1.82) is 0 Å². The van der Waals surface area contributed by atoms with E-state index in [1.54, 1.807) is 60.7 Å². The molecule has 6 aliphatic carbocycles. The number of ether oxygens (including phenoxy) is 4. The second kappa shape index (κ2) is 47.7. The van der Waals surface area contributed by atoms with Gasteiger partial charge in [-0.3, -0.25) is 4.79 Å². The van der Waals surface area contributed by atoms with Crippen molar-refractivity contribution in [3.8, 4) is 144 Å². The van der Waals surface area contributed by atoms with Crippen LogP contribution < -0.4 is 357 Å². The van der Waals surface area contributed by atoms with Gasteiger partial charge in [0.05, 0.1) is 0 Å². The number of phenolic OH excluding ortho intramolecular Hbond substituents is 15. The normalized spacial score (nSPS) is 15.1. The van der Waals surface area contributed by atoms with Gasteiger partial charge in [0, 0.05) is 75.0 Å². The van der Waals surface area contributed by atoms with Crippen LogP contribution in [-0.4, -0.2) is 76.6 Å². The Morgan fingerprint density at radius 2 is 0.508 bits per heavy atom. The van der Waals surface area contributed by atoms with Crippen molar-refractivity contribution in [2.75, 3.05) is 0 Å². The van der Waals surface area contributed by atoms with E-state index in [1.165, 1.54) is 87.8 Å². The molecule has 0 bridgehead atoms. The topological polar surface area (TPSA) is 371 Å². The third kappa shape index (κ3) is 21.8. The third-order valence-corrected chi connectivity index (χ3v) is 24.0. The van der Waals surface area contributed by atoms with Crippen LogP contribution in [0.3, 0.4) is 0 Å². The molecule has 5 fully saturated rings. The molecule has 0 saturated heterocycles. The fourth-order valence-corrected chi connectivity index (χ4v) is 17.6. The predicted octanol–water partition coefficient (Wildman–Crippen LogP) is 2.41. The summed E-state index contributed by atoms with van der Waals surface area (Å²) in [6.45, 7) is 15.1. The molecule has 0 amide bonds. The van der Waals surface area contributed by atoms with Crippen LogP contribution in [0.25, 0.3) is 70.9 Å². The van der Waals surface area contributed by atoms with Gasteiger partial charge in [-0.05, 0) is 194 Å². The Labute approximate surface area is 979 Å². The summed E-state index contributed by atoms with van der Waals surface area (Å²) in [6.07, 6.45) is 22.3. The zero-order chi connectivity index (χ0) is 80.7. The quantitative estimate of drug-likeness (QED) is 0.0509. The minimum atomic E-state index is -0.526. The maximum Gasteiger partial charge on any atom is 1.00 e. The van der Waals surface area contributed by atoms with Crippen LogP contribution in [0.5, 0.6) is 132 Å². The van der Waals surface area contributed by atoms with E-state index in [2.05, 4.69) is 26.3 Å².